The van der Waals surface area contributed by atoms with E-state index in [1.807, 2.05) is 19.2 Å². The zero-order valence-electron chi connectivity index (χ0n) is 8.36. The van der Waals surface area contributed by atoms with E-state index < -0.39 is 0 Å². The highest BCUT2D eigenvalue weighted by Crippen LogP contribution is 2.14. The summed E-state index contributed by atoms with van der Waals surface area (Å²) in [5.41, 5.74) is 5.51. The molecule has 0 aliphatic rings. The van der Waals surface area contributed by atoms with Crippen LogP contribution < -0.4 is 11.1 Å². The van der Waals surface area contributed by atoms with Gasteiger partial charge in [0.15, 0.2) is 0 Å². The second kappa shape index (κ2) is 5.07. The first-order valence-electron chi connectivity index (χ1n) is 4.54. The Kier molecular flexibility index (Phi) is 4.03. The Bertz CT molecular complexity index is 284. The second-order valence-electron chi connectivity index (χ2n) is 3.34. The van der Waals surface area contributed by atoms with Crippen molar-refractivity contribution in [3.8, 4) is 0 Å². The number of aromatic nitrogens is 1. The molecule has 0 saturated heterocycles. The predicted octanol–water partition coefficient (Wildman–Crippen LogP) is 1.06. The highest BCUT2D eigenvalue weighted by molar-refractivity contribution is 7.09. The summed E-state index contributed by atoms with van der Waals surface area (Å²) in [7, 11) is 0. The maximum absolute atomic E-state index is 11.3. The van der Waals surface area contributed by atoms with Gasteiger partial charge in [0.2, 0.25) is 5.91 Å². The fraction of sp³-hybridized carbons (Fsp3) is 0.556. The molecule has 1 aromatic rings. The van der Waals surface area contributed by atoms with E-state index in [9.17, 15) is 4.79 Å². The van der Waals surface area contributed by atoms with Crippen molar-refractivity contribution < 1.29 is 4.79 Å². The molecule has 2 unspecified atom stereocenters. The van der Waals surface area contributed by atoms with Gasteiger partial charge >= 0.3 is 0 Å². The van der Waals surface area contributed by atoms with Gasteiger partial charge in [0.05, 0.1) is 6.04 Å². The van der Waals surface area contributed by atoms with Crippen LogP contribution >= 0.6 is 11.3 Å². The van der Waals surface area contributed by atoms with Gasteiger partial charge in [-0.25, -0.2) is 4.98 Å². The zero-order valence-corrected chi connectivity index (χ0v) is 9.17. The Morgan fingerprint density at radius 3 is 2.93 bits per heavy atom. The molecule has 3 N–H and O–H groups in total. The molecule has 14 heavy (non-hydrogen) atoms. The summed E-state index contributed by atoms with van der Waals surface area (Å²) in [6.07, 6.45) is 2.09. The number of hydrogen-bond donors (Lipinski definition) is 2. The van der Waals surface area contributed by atoms with Gasteiger partial charge in [-0.1, -0.05) is 0 Å². The van der Waals surface area contributed by atoms with Crippen LogP contribution in [0.4, 0.5) is 0 Å². The van der Waals surface area contributed by atoms with Crippen molar-refractivity contribution >= 4 is 17.2 Å². The Hall–Kier alpha value is -0.940. The summed E-state index contributed by atoms with van der Waals surface area (Å²) >= 11 is 1.53. The number of carbonyl (C=O) groups excluding carboxylic acids is 1. The molecular weight excluding hydrogens is 198 g/mol. The third kappa shape index (κ3) is 3.43. The second-order valence-corrected chi connectivity index (χ2v) is 4.27. The van der Waals surface area contributed by atoms with Crippen LogP contribution in [0.3, 0.4) is 0 Å². The van der Waals surface area contributed by atoms with Crippen LogP contribution in [0.25, 0.3) is 0 Å². The molecule has 1 amide bonds. The average Bonchev–Trinajstić information content (AvgIpc) is 2.53. The number of nitrogens with one attached hydrogen (secondary N) is 1. The van der Waals surface area contributed by atoms with Gasteiger partial charge in [-0.3, -0.25) is 4.79 Å². The van der Waals surface area contributed by atoms with E-state index in [0.29, 0.717) is 6.42 Å². The SMILES string of the molecule is CC(N)CC(=O)NC(C)c1nccs1. The quantitative estimate of drug-likeness (QED) is 0.785. The van der Waals surface area contributed by atoms with E-state index in [0.717, 1.165) is 5.01 Å². The molecule has 1 aromatic heterocycles. The van der Waals surface area contributed by atoms with Gasteiger partial charge < -0.3 is 11.1 Å². The van der Waals surface area contributed by atoms with Crippen LogP contribution in [0.1, 0.15) is 31.3 Å². The van der Waals surface area contributed by atoms with Gasteiger partial charge in [0, 0.05) is 24.0 Å². The first-order valence-corrected chi connectivity index (χ1v) is 5.42. The average molecular weight is 213 g/mol. The first kappa shape index (κ1) is 11.1. The monoisotopic (exact) mass is 213 g/mol. The molecule has 0 aliphatic heterocycles. The standard InChI is InChI=1S/C9H15N3OS/c1-6(10)5-8(13)12-7(2)9-11-3-4-14-9/h3-4,6-7H,5,10H2,1-2H3,(H,12,13). The van der Waals surface area contributed by atoms with Crippen molar-refractivity contribution in [2.75, 3.05) is 0 Å². The number of hydrogen-bond acceptors (Lipinski definition) is 4. The minimum absolute atomic E-state index is 0.0253. The van der Waals surface area contributed by atoms with E-state index in [1.165, 1.54) is 11.3 Å². The van der Waals surface area contributed by atoms with E-state index >= 15 is 0 Å². The number of nitrogens with zero attached hydrogens (tertiary/aromatic N) is 1. The van der Waals surface area contributed by atoms with Crippen LogP contribution in [0, 0.1) is 0 Å². The van der Waals surface area contributed by atoms with Crippen molar-refractivity contribution in [1.82, 2.24) is 10.3 Å². The van der Waals surface area contributed by atoms with E-state index in [1.54, 1.807) is 6.20 Å². The van der Waals surface area contributed by atoms with Crippen molar-refractivity contribution in [1.29, 1.82) is 0 Å². The third-order valence-electron chi connectivity index (χ3n) is 1.71. The summed E-state index contributed by atoms with van der Waals surface area (Å²) < 4.78 is 0. The lowest BCUT2D eigenvalue weighted by Gasteiger charge is -2.12. The highest BCUT2D eigenvalue weighted by Gasteiger charge is 2.12. The molecule has 0 aliphatic carbocycles. The van der Waals surface area contributed by atoms with Gasteiger partial charge in [-0.15, -0.1) is 11.3 Å². The van der Waals surface area contributed by atoms with Crippen LogP contribution in [-0.4, -0.2) is 16.9 Å². The van der Waals surface area contributed by atoms with Crippen molar-refractivity contribution in [2.45, 2.75) is 32.4 Å². The highest BCUT2D eigenvalue weighted by atomic mass is 32.1. The lowest BCUT2D eigenvalue weighted by atomic mass is 10.2. The Labute approximate surface area is 87.5 Å². The normalized spacial score (nSPS) is 14.8. The Morgan fingerprint density at radius 1 is 1.71 bits per heavy atom. The maximum Gasteiger partial charge on any atom is 0.222 e. The maximum atomic E-state index is 11.3. The summed E-state index contributed by atoms with van der Waals surface area (Å²) in [6, 6.07) is -0.125. The smallest absolute Gasteiger partial charge is 0.222 e. The molecule has 1 heterocycles. The summed E-state index contributed by atoms with van der Waals surface area (Å²) in [5, 5.41) is 5.65. The topological polar surface area (TPSA) is 68.0 Å². The molecule has 0 spiro atoms. The molecule has 0 fully saturated rings. The molecule has 5 heteroatoms. The minimum atomic E-state index is -0.0986. The van der Waals surface area contributed by atoms with E-state index in [2.05, 4.69) is 10.3 Å². The van der Waals surface area contributed by atoms with Gasteiger partial charge in [-0.05, 0) is 13.8 Å². The summed E-state index contributed by atoms with van der Waals surface area (Å²) in [5.74, 6) is -0.0253. The van der Waals surface area contributed by atoms with Crippen molar-refractivity contribution in [2.24, 2.45) is 5.73 Å². The van der Waals surface area contributed by atoms with E-state index in [4.69, 9.17) is 5.73 Å². The fourth-order valence-corrected chi connectivity index (χ4v) is 1.75. The molecule has 0 radical (unpaired) electrons. The summed E-state index contributed by atoms with van der Waals surface area (Å²) in [4.78, 5) is 15.5. The molecule has 4 nitrogen and oxygen atoms in total. The number of thiazole rings is 1. The number of carbonyl (C=O) groups is 1. The molecule has 0 bridgehead atoms. The van der Waals surface area contributed by atoms with Crippen LogP contribution in [0.2, 0.25) is 0 Å². The minimum Gasteiger partial charge on any atom is -0.347 e. The molecule has 1 rings (SSSR count). The van der Waals surface area contributed by atoms with Crippen LogP contribution in [-0.2, 0) is 4.79 Å². The lowest BCUT2D eigenvalue weighted by molar-refractivity contribution is -0.122. The number of rotatable bonds is 4. The Morgan fingerprint density at radius 2 is 2.43 bits per heavy atom. The largest absolute Gasteiger partial charge is 0.347 e. The van der Waals surface area contributed by atoms with Crippen molar-refractivity contribution in [3.05, 3.63) is 16.6 Å². The van der Waals surface area contributed by atoms with Crippen LogP contribution in [0.15, 0.2) is 11.6 Å². The number of nitrogens with two attached hydrogens (primary N) is 1. The molecule has 0 saturated carbocycles. The van der Waals surface area contributed by atoms with Gasteiger partial charge in [0.25, 0.3) is 0 Å². The predicted molar refractivity (Wildman–Crippen MR) is 56.9 cm³/mol. The Balaban J connectivity index is 2.41. The fourth-order valence-electron chi connectivity index (χ4n) is 1.10. The van der Waals surface area contributed by atoms with Crippen molar-refractivity contribution in [3.63, 3.8) is 0 Å². The molecule has 78 valence electrons. The third-order valence-corrected chi connectivity index (χ3v) is 2.66. The zero-order chi connectivity index (χ0) is 10.6. The van der Waals surface area contributed by atoms with Crippen LogP contribution in [0.5, 0.6) is 0 Å². The van der Waals surface area contributed by atoms with Gasteiger partial charge in [-0.2, -0.15) is 0 Å². The molecule has 2 atom stereocenters. The molecular formula is C9H15N3OS. The van der Waals surface area contributed by atoms with Gasteiger partial charge in [0.1, 0.15) is 5.01 Å². The lowest BCUT2D eigenvalue weighted by Crippen LogP contribution is -2.31. The van der Waals surface area contributed by atoms with E-state index in [-0.39, 0.29) is 18.0 Å². The number of amides is 1. The first-order chi connectivity index (χ1) is 6.59. The summed E-state index contributed by atoms with van der Waals surface area (Å²) in [6.45, 7) is 3.73. The molecule has 0 aromatic carbocycles.